The summed E-state index contributed by atoms with van der Waals surface area (Å²) in [4.78, 5) is 12.3. The Morgan fingerprint density at radius 3 is 2.17 bits per heavy atom. The van der Waals surface area contributed by atoms with E-state index in [4.69, 9.17) is 11.6 Å². The van der Waals surface area contributed by atoms with Crippen molar-refractivity contribution in [2.75, 3.05) is 18.9 Å². The molecule has 7 heteroatoms. The van der Waals surface area contributed by atoms with E-state index in [1.165, 1.54) is 31.3 Å². The van der Waals surface area contributed by atoms with Crippen molar-refractivity contribution in [1.82, 2.24) is 4.31 Å². The predicted molar refractivity (Wildman–Crippen MR) is 95.8 cm³/mol. The molecule has 128 valence electrons. The number of likely N-dealkylation sites (N-methyl/N-ethyl adjacent to an activating group) is 1. The molecule has 0 aliphatic heterocycles. The van der Waals surface area contributed by atoms with Crippen molar-refractivity contribution in [2.24, 2.45) is 0 Å². The molecule has 0 aliphatic carbocycles. The van der Waals surface area contributed by atoms with Crippen molar-refractivity contribution in [3.8, 4) is 0 Å². The van der Waals surface area contributed by atoms with Crippen LogP contribution in [0.4, 0.5) is 5.69 Å². The van der Waals surface area contributed by atoms with Crippen molar-refractivity contribution in [3.63, 3.8) is 0 Å². The van der Waals surface area contributed by atoms with E-state index in [1.807, 2.05) is 32.0 Å². The highest BCUT2D eigenvalue weighted by Gasteiger charge is 2.23. The highest BCUT2D eigenvalue weighted by atomic mass is 35.5. The van der Waals surface area contributed by atoms with Crippen LogP contribution in [-0.2, 0) is 14.8 Å². The maximum absolute atomic E-state index is 12.5. The zero-order valence-corrected chi connectivity index (χ0v) is 15.3. The molecule has 0 aliphatic rings. The van der Waals surface area contributed by atoms with Gasteiger partial charge >= 0.3 is 0 Å². The van der Waals surface area contributed by atoms with Crippen LogP contribution in [-0.4, -0.2) is 32.2 Å². The molecular weight excluding hydrogens is 348 g/mol. The number of para-hydroxylation sites is 1. The van der Waals surface area contributed by atoms with Gasteiger partial charge in [0.25, 0.3) is 0 Å². The van der Waals surface area contributed by atoms with E-state index in [2.05, 4.69) is 5.32 Å². The summed E-state index contributed by atoms with van der Waals surface area (Å²) >= 11 is 5.77. The Hall–Kier alpha value is -1.89. The number of nitrogens with zero attached hydrogens (tertiary/aromatic N) is 1. The molecule has 24 heavy (non-hydrogen) atoms. The highest BCUT2D eigenvalue weighted by molar-refractivity contribution is 7.89. The lowest BCUT2D eigenvalue weighted by molar-refractivity contribution is -0.116. The summed E-state index contributed by atoms with van der Waals surface area (Å²) < 4.78 is 25.9. The molecule has 0 radical (unpaired) electrons. The summed E-state index contributed by atoms with van der Waals surface area (Å²) in [5.41, 5.74) is 2.55. The van der Waals surface area contributed by atoms with Crippen LogP contribution in [0.15, 0.2) is 47.4 Å². The maximum Gasteiger partial charge on any atom is 0.243 e. The van der Waals surface area contributed by atoms with Gasteiger partial charge in [-0.25, -0.2) is 8.42 Å². The first-order chi connectivity index (χ1) is 11.2. The molecule has 2 aromatic carbocycles. The predicted octanol–water partition coefficient (Wildman–Crippen LogP) is 3.22. The number of carbonyl (C=O) groups excluding carboxylic acids is 1. The summed E-state index contributed by atoms with van der Waals surface area (Å²) in [5, 5.41) is 3.22. The second-order valence-corrected chi connectivity index (χ2v) is 8.01. The number of aryl methyl sites for hydroxylation is 2. The van der Waals surface area contributed by atoms with E-state index in [1.54, 1.807) is 0 Å². The van der Waals surface area contributed by atoms with Gasteiger partial charge in [-0.3, -0.25) is 4.79 Å². The van der Waals surface area contributed by atoms with Gasteiger partial charge in [-0.05, 0) is 49.2 Å². The smallest absolute Gasteiger partial charge is 0.243 e. The molecule has 0 unspecified atom stereocenters. The Morgan fingerprint density at radius 1 is 1.08 bits per heavy atom. The minimum atomic E-state index is -3.75. The van der Waals surface area contributed by atoms with Gasteiger partial charge in [-0.1, -0.05) is 29.8 Å². The van der Waals surface area contributed by atoms with Gasteiger partial charge in [0.2, 0.25) is 15.9 Å². The van der Waals surface area contributed by atoms with Crippen LogP contribution < -0.4 is 5.32 Å². The molecule has 0 spiro atoms. The van der Waals surface area contributed by atoms with Crippen molar-refractivity contribution in [3.05, 3.63) is 58.6 Å². The third-order valence-electron chi connectivity index (χ3n) is 3.63. The van der Waals surface area contributed by atoms with E-state index in [9.17, 15) is 13.2 Å². The Kier molecular flexibility index (Phi) is 5.64. The number of carbonyl (C=O) groups is 1. The average Bonchev–Trinajstić information content (AvgIpc) is 2.51. The number of hydrogen-bond donors (Lipinski definition) is 1. The van der Waals surface area contributed by atoms with E-state index in [0.29, 0.717) is 10.7 Å². The molecule has 0 saturated carbocycles. The van der Waals surface area contributed by atoms with Crippen LogP contribution in [0, 0.1) is 13.8 Å². The number of hydrogen-bond acceptors (Lipinski definition) is 3. The van der Waals surface area contributed by atoms with Gasteiger partial charge in [0.1, 0.15) is 0 Å². The number of nitrogens with one attached hydrogen (secondary N) is 1. The molecule has 2 aromatic rings. The van der Waals surface area contributed by atoms with E-state index in [0.717, 1.165) is 15.4 Å². The zero-order valence-electron chi connectivity index (χ0n) is 13.7. The monoisotopic (exact) mass is 366 g/mol. The first kappa shape index (κ1) is 18.4. The lowest BCUT2D eigenvalue weighted by Gasteiger charge is -2.18. The van der Waals surface area contributed by atoms with Crippen LogP contribution in [0.3, 0.4) is 0 Å². The lowest BCUT2D eigenvalue weighted by atomic mass is 10.1. The molecule has 0 heterocycles. The summed E-state index contributed by atoms with van der Waals surface area (Å²) in [7, 11) is -2.38. The molecule has 0 saturated heterocycles. The first-order valence-corrected chi connectivity index (χ1v) is 9.11. The summed E-state index contributed by atoms with van der Waals surface area (Å²) in [6, 6.07) is 11.5. The lowest BCUT2D eigenvalue weighted by Crippen LogP contribution is -2.35. The number of amides is 1. The van der Waals surface area contributed by atoms with Crippen molar-refractivity contribution < 1.29 is 13.2 Å². The molecular formula is C17H19ClN2O3S. The fraction of sp³-hybridized carbons (Fsp3) is 0.235. The number of sulfonamides is 1. The maximum atomic E-state index is 12.5. The zero-order chi connectivity index (χ0) is 17.9. The topological polar surface area (TPSA) is 66.5 Å². The second-order valence-electron chi connectivity index (χ2n) is 5.53. The molecule has 2 rings (SSSR count). The summed E-state index contributed by atoms with van der Waals surface area (Å²) in [6.45, 7) is 3.49. The highest BCUT2D eigenvalue weighted by Crippen LogP contribution is 2.20. The van der Waals surface area contributed by atoms with Crippen LogP contribution in [0.25, 0.3) is 0 Å². The largest absolute Gasteiger partial charge is 0.324 e. The number of halogens is 1. The summed E-state index contributed by atoms with van der Waals surface area (Å²) in [5.74, 6) is -0.396. The number of benzene rings is 2. The molecule has 1 amide bonds. The Morgan fingerprint density at radius 2 is 1.62 bits per heavy atom. The van der Waals surface area contributed by atoms with E-state index >= 15 is 0 Å². The van der Waals surface area contributed by atoms with E-state index < -0.39 is 15.9 Å². The van der Waals surface area contributed by atoms with Crippen LogP contribution in [0.2, 0.25) is 5.02 Å². The van der Waals surface area contributed by atoms with Crippen molar-refractivity contribution in [1.29, 1.82) is 0 Å². The quantitative estimate of drug-likeness (QED) is 0.883. The Balaban J connectivity index is 2.12. The number of rotatable bonds is 5. The Labute approximate surface area is 147 Å². The summed E-state index contributed by atoms with van der Waals surface area (Å²) in [6.07, 6.45) is 0. The van der Waals surface area contributed by atoms with Crippen LogP contribution >= 0.6 is 11.6 Å². The van der Waals surface area contributed by atoms with Crippen LogP contribution in [0.5, 0.6) is 0 Å². The van der Waals surface area contributed by atoms with Gasteiger partial charge in [0.05, 0.1) is 11.4 Å². The third kappa shape index (κ3) is 4.14. The van der Waals surface area contributed by atoms with Crippen molar-refractivity contribution in [2.45, 2.75) is 18.7 Å². The Bertz CT molecular complexity index is 828. The van der Waals surface area contributed by atoms with Gasteiger partial charge in [0, 0.05) is 17.8 Å². The number of anilines is 1. The van der Waals surface area contributed by atoms with Crippen LogP contribution in [0.1, 0.15) is 11.1 Å². The standard InChI is InChI=1S/C17H19ClN2O3S/c1-12-5-4-6-13(2)17(12)19-16(21)11-20(3)24(22,23)15-9-7-14(18)8-10-15/h4-10H,11H2,1-3H3,(H,19,21). The third-order valence-corrected chi connectivity index (χ3v) is 5.70. The van der Waals surface area contributed by atoms with Crippen molar-refractivity contribution >= 4 is 33.2 Å². The average molecular weight is 367 g/mol. The first-order valence-electron chi connectivity index (χ1n) is 7.30. The second kappa shape index (κ2) is 7.34. The molecule has 0 fully saturated rings. The molecule has 0 bridgehead atoms. The normalized spacial score (nSPS) is 11.5. The molecule has 0 aromatic heterocycles. The van der Waals surface area contributed by atoms with Gasteiger partial charge in [-0.2, -0.15) is 4.31 Å². The fourth-order valence-electron chi connectivity index (χ4n) is 2.26. The minimum Gasteiger partial charge on any atom is -0.324 e. The molecule has 5 nitrogen and oxygen atoms in total. The van der Waals surface area contributed by atoms with E-state index in [-0.39, 0.29) is 11.4 Å². The molecule has 1 N–H and O–H groups in total. The van der Waals surface area contributed by atoms with Gasteiger partial charge < -0.3 is 5.32 Å². The molecule has 0 atom stereocenters. The SMILES string of the molecule is Cc1cccc(C)c1NC(=O)CN(C)S(=O)(=O)c1ccc(Cl)cc1. The minimum absolute atomic E-state index is 0.0919. The van der Waals surface area contributed by atoms with Gasteiger partial charge in [-0.15, -0.1) is 0 Å². The fourth-order valence-corrected chi connectivity index (χ4v) is 3.52. The van der Waals surface area contributed by atoms with Gasteiger partial charge in [0.15, 0.2) is 0 Å².